The minimum Gasteiger partial charge on any atom is -0.508 e. The number of thiol groups is 1. The molecule has 0 aromatic heterocycles. The number of carboxylic acid groups (broad SMARTS) is 1. The second-order valence-corrected chi connectivity index (χ2v) is 8.35. The van der Waals surface area contributed by atoms with E-state index in [1.807, 2.05) is 13.8 Å². The van der Waals surface area contributed by atoms with Crippen LogP contribution in [-0.4, -0.2) is 63.8 Å². The van der Waals surface area contributed by atoms with Gasteiger partial charge in [0, 0.05) is 5.75 Å². The maximum Gasteiger partial charge on any atom is 0.326 e. The molecule has 0 fully saturated rings. The van der Waals surface area contributed by atoms with Crippen molar-refractivity contribution in [3.05, 3.63) is 29.8 Å². The van der Waals surface area contributed by atoms with Crippen LogP contribution in [0, 0.1) is 5.92 Å². The van der Waals surface area contributed by atoms with Gasteiger partial charge in [0.1, 0.15) is 23.9 Å². The van der Waals surface area contributed by atoms with Gasteiger partial charge in [0.05, 0.1) is 6.04 Å². The number of aromatic hydroxyl groups is 1. The second kappa shape index (κ2) is 12.9. The Bertz CT molecular complexity index is 802. The summed E-state index contributed by atoms with van der Waals surface area (Å²) in [5.74, 6) is -2.97. The molecule has 7 N–H and O–H groups in total. The van der Waals surface area contributed by atoms with Gasteiger partial charge in [-0.1, -0.05) is 26.0 Å². The van der Waals surface area contributed by atoms with E-state index in [0.29, 0.717) is 0 Å². The van der Waals surface area contributed by atoms with Crippen LogP contribution in [0.4, 0.5) is 0 Å². The molecule has 1 aromatic rings. The smallest absolute Gasteiger partial charge is 0.326 e. The molecule has 32 heavy (non-hydrogen) atoms. The number of carbonyl (C=O) groups excluding carboxylic acids is 3. The second-order valence-electron chi connectivity index (χ2n) is 7.98. The third kappa shape index (κ3) is 9.15. The molecule has 0 spiro atoms. The van der Waals surface area contributed by atoms with Gasteiger partial charge in [-0.15, -0.1) is 0 Å². The predicted molar refractivity (Wildman–Crippen MR) is 122 cm³/mol. The lowest BCUT2D eigenvalue weighted by atomic mass is 10.0. The topological polar surface area (TPSA) is 171 Å². The summed E-state index contributed by atoms with van der Waals surface area (Å²) in [5.41, 5.74) is 6.64. The number of hydrogen-bond acceptors (Lipinski definition) is 7. The molecule has 178 valence electrons. The molecule has 4 unspecified atom stereocenters. The van der Waals surface area contributed by atoms with Crippen molar-refractivity contribution in [3.8, 4) is 5.75 Å². The number of rotatable bonds is 12. The molecule has 0 bridgehead atoms. The van der Waals surface area contributed by atoms with E-state index < -0.39 is 47.9 Å². The van der Waals surface area contributed by atoms with Crippen LogP contribution in [0.15, 0.2) is 24.3 Å². The van der Waals surface area contributed by atoms with Crippen molar-refractivity contribution >= 4 is 36.3 Å². The number of phenolic OH excluding ortho intramolecular Hbond substituents is 1. The number of benzene rings is 1. The monoisotopic (exact) mass is 468 g/mol. The lowest BCUT2D eigenvalue weighted by molar-refractivity contribution is -0.142. The summed E-state index contributed by atoms with van der Waals surface area (Å²) in [7, 11) is 0. The van der Waals surface area contributed by atoms with Gasteiger partial charge in [0.25, 0.3) is 0 Å². The quantitative estimate of drug-likeness (QED) is 0.208. The lowest BCUT2D eigenvalue weighted by Crippen LogP contribution is -2.57. The molecule has 0 heterocycles. The molecule has 0 saturated carbocycles. The van der Waals surface area contributed by atoms with Crippen molar-refractivity contribution in [2.24, 2.45) is 11.7 Å². The predicted octanol–water partition coefficient (Wildman–Crippen LogP) is -0.203. The Hall–Kier alpha value is -2.79. The average Bonchev–Trinajstić information content (AvgIpc) is 2.72. The lowest BCUT2D eigenvalue weighted by Gasteiger charge is -2.23. The molecule has 0 radical (unpaired) electrons. The van der Waals surface area contributed by atoms with Gasteiger partial charge in [-0.25, -0.2) is 4.79 Å². The Balaban J connectivity index is 2.63. The van der Waals surface area contributed by atoms with E-state index in [9.17, 15) is 29.4 Å². The molecular formula is C21H32N4O6S. The molecule has 0 aliphatic rings. The first-order valence-electron chi connectivity index (χ1n) is 10.2. The summed E-state index contributed by atoms with van der Waals surface area (Å²) >= 11 is 4.06. The van der Waals surface area contributed by atoms with Gasteiger partial charge in [0.15, 0.2) is 0 Å². The van der Waals surface area contributed by atoms with Gasteiger partial charge in [-0.3, -0.25) is 14.4 Å². The van der Waals surface area contributed by atoms with Crippen molar-refractivity contribution < 1.29 is 29.4 Å². The highest BCUT2D eigenvalue weighted by Gasteiger charge is 2.28. The van der Waals surface area contributed by atoms with Gasteiger partial charge < -0.3 is 31.9 Å². The minimum atomic E-state index is -1.17. The van der Waals surface area contributed by atoms with Crippen molar-refractivity contribution in [1.82, 2.24) is 16.0 Å². The Morgan fingerprint density at radius 3 is 2.00 bits per heavy atom. The fourth-order valence-electron chi connectivity index (χ4n) is 2.82. The normalized spacial score (nSPS) is 14.7. The van der Waals surface area contributed by atoms with Gasteiger partial charge in [0.2, 0.25) is 17.7 Å². The van der Waals surface area contributed by atoms with Crippen molar-refractivity contribution in [1.29, 1.82) is 0 Å². The van der Waals surface area contributed by atoms with Crippen LogP contribution >= 0.6 is 12.6 Å². The highest BCUT2D eigenvalue weighted by atomic mass is 32.1. The summed E-state index contributed by atoms with van der Waals surface area (Å²) in [6.07, 6.45) is 0.439. The molecule has 3 amide bonds. The van der Waals surface area contributed by atoms with E-state index in [0.717, 1.165) is 5.56 Å². The van der Waals surface area contributed by atoms with Crippen LogP contribution < -0.4 is 21.7 Å². The van der Waals surface area contributed by atoms with Crippen LogP contribution in [0.1, 0.15) is 32.8 Å². The third-order valence-electron chi connectivity index (χ3n) is 4.62. The Kier molecular flexibility index (Phi) is 11.0. The third-order valence-corrected chi connectivity index (χ3v) is 4.98. The molecule has 1 aromatic carbocycles. The first-order valence-corrected chi connectivity index (χ1v) is 10.9. The van der Waals surface area contributed by atoms with Gasteiger partial charge in [-0.05, 0) is 43.4 Å². The van der Waals surface area contributed by atoms with Crippen LogP contribution in [0.25, 0.3) is 0 Å². The molecule has 0 aliphatic heterocycles. The zero-order valence-electron chi connectivity index (χ0n) is 18.4. The van der Waals surface area contributed by atoms with Crippen molar-refractivity contribution in [3.63, 3.8) is 0 Å². The molecule has 1 rings (SSSR count). The van der Waals surface area contributed by atoms with E-state index >= 15 is 0 Å². The fourth-order valence-corrected chi connectivity index (χ4v) is 3.08. The first kappa shape index (κ1) is 27.2. The maximum absolute atomic E-state index is 12.4. The van der Waals surface area contributed by atoms with E-state index in [1.165, 1.54) is 19.1 Å². The summed E-state index contributed by atoms with van der Waals surface area (Å²) in [6.45, 7) is 5.10. The standard InChI is InChI=1S/C21H32N4O6S/c1-11(2)8-16(21(30)31)24-20(29)17(10-32)25-18(27)12(3)23-19(28)15(22)9-13-4-6-14(26)7-5-13/h4-7,11-12,15-17,26,32H,8-10,22H2,1-3H3,(H,23,28)(H,24,29)(H,25,27)(H,30,31). The number of phenols is 1. The summed E-state index contributed by atoms with van der Waals surface area (Å²) in [5, 5.41) is 25.9. The van der Waals surface area contributed by atoms with Crippen molar-refractivity contribution in [2.75, 3.05) is 5.75 Å². The van der Waals surface area contributed by atoms with Crippen LogP contribution in [-0.2, 0) is 25.6 Å². The number of hydrogen-bond donors (Lipinski definition) is 7. The summed E-state index contributed by atoms with van der Waals surface area (Å²) in [6, 6.07) is 2.15. The SMILES string of the molecule is CC(C)CC(NC(=O)C(CS)NC(=O)C(C)NC(=O)C(N)Cc1ccc(O)cc1)C(=O)O. The minimum absolute atomic E-state index is 0.0430. The molecule has 11 heteroatoms. The first-order chi connectivity index (χ1) is 14.9. The number of aliphatic carboxylic acids is 1. The zero-order chi connectivity index (χ0) is 24.4. The fraction of sp³-hybridized carbons (Fsp3) is 0.524. The van der Waals surface area contributed by atoms with Gasteiger partial charge in [-0.2, -0.15) is 12.6 Å². The van der Waals surface area contributed by atoms with Crippen LogP contribution in [0.2, 0.25) is 0 Å². The van der Waals surface area contributed by atoms with E-state index in [4.69, 9.17) is 5.73 Å². The zero-order valence-corrected chi connectivity index (χ0v) is 19.3. The van der Waals surface area contributed by atoms with E-state index in [2.05, 4.69) is 28.6 Å². The number of carbonyl (C=O) groups is 4. The number of carboxylic acids is 1. The average molecular weight is 469 g/mol. The molecular weight excluding hydrogens is 436 g/mol. The van der Waals surface area contributed by atoms with Crippen molar-refractivity contribution in [2.45, 2.75) is 57.8 Å². The molecule has 0 aliphatic carbocycles. The Labute approximate surface area is 192 Å². The van der Waals surface area contributed by atoms with E-state index in [-0.39, 0.29) is 30.3 Å². The number of amides is 3. The maximum atomic E-state index is 12.4. The summed E-state index contributed by atoms with van der Waals surface area (Å²) in [4.78, 5) is 48.5. The van der Waals surface area contributed by atoms with Crippen LogP contribution in [0.3, 0.4) is 0 Å². The summed E-state index contributed by atoms with van der Waals surface area (Å²) < 4.78 is 0. The highest BCUT2D eigenvalue weighted by molar-refractivity contribution is 7.80. The Morgan fingerprint density at radius 2 is 1.50 bits per heavy atom. The Morgan fingerprint density at radius 1 is 0.938 bits per heavy atom. The molecule has 10 nitrogen and oxygen atoms in total. The number of nitrogens with one attached hydrogen (secondary N) is 3. The molecule has 0 saturated heterocycles. The largest absolute Gasteiger partial charge is 0.508 e. The number of nitrogens with two attached hydrogens (primary N) is 1. The highest BCUT2D eigenvalue weighted by Crippen LogP contribution is 2.11. The van der Waals surface area contributed by atoms with E-state index in [1.54, 1.807) is 12.1 Å². The van der Waals surface area contributed by atoms with Crippen LogP contribution in [0.5, 0.6) is 5.75 Å². The van der Waals surface area contributed by atoms with Gasteiger partial charge >= 0.3 is 5.97 Å². The molecule has 4 atom stereocenters.